The predicted octanol–water partition coefficient (Wildman–Crippen LogP) is 2.61. The Labute approximate surface area is 126 Å². The van der Waals surface area contributed by atoms with Crippen LogP contribution in [0.25, 0.3) is 0 Å². The molecule has 1 aliphatic heterocycles. The highest BCUT2D eigenvalue weighted by Crippen LogP contribution is 2.23. The van der Waals surface area contributed by atoms with E-state index in [4.69, 9.17) is 0 Å². The number of nitrogens with one attached hydrogen (secondary N) is 2. The molecule has 0 aromatic heterocycles. The maximum absolute atomic E-state index is 13.0. The molecule has 116 valence electrons. The Morgan fingerprint density at radius 2 is 2.10 bits per heavy atom. The van der Waals surface area contributed by atoms with Crippen molar-refractivity contribution in [1.29, 1.82) is 0 Å². The Morgan fingerprint density at radius 1 is 1.38 bits per heavy atom. The first-order valence-corrected chi connectivity index (χ1v) is 7.75. The largest absolute Gasteiger partial charge is 0.355 e. The van der Waals surface area contributed by atoms with E-state index in [-0.39, 0.29) is 11.7 Å². The number of halogens is 1. The van der Waals surface area contributed by atoms with Crippen LogP contribution in [-0.4, -0.2) is 25.5 Å². The zero-order chi connectivity index (χ0) is 15.3. The minimum atomic E-state index is -0.640. The molecule has 1 aromatic rings. The van der Waals surface area contributed by atoms with Gasteiger partial charge < -0.3 is 10.6 Å². The normalized spacial score (nSPS) is 19.3. The number of rotatable bonds is 5. The smallest absolute Gasteiger partial charge is 0.230 e. The van der Waals surface area contributed by atoms with Crippen molar-refractivity contribution in [3.8, 4) is 0 Å². The summed E-state index contributed by atoms with van der Waals surface area (Å²) in [5.74, 6) is 0.380. The van der Waals surface area contributed by atoms with Gasteiger partial charge in [-0.1, -0.05) is 12.1 Å². The lowest BCUT2D eigenvalue weighted by Crippen LogP contribution is -2.41. The van der Waals surface area contributed by atoms with Crippen LogP contribution in [0.1, 0.15) is 38.7 Å². The second kappa shape index (κ2) is 7.03. The van der Waals surface area contributed by atoms with Crippen molar-refractivity contribution in [2.24, 2.45) is 5.92 Å². The van der Waals surface area contributed by atoms with Gasteiger partial charge in [-0.3, -0.25) is 4.79 Å². The van der Waals surface area contributed by atoms with Crippen LogP contribution in [0, 0.1) is 11.7 Å². The van der Waals surface area contributed by atoms with Gasteiger partial charge >= 0.3 is 0 Å². The fourth-order valence-electron chi connectivity index (χ4n) is 2.78. The fraction of sp³-hybridized carbons (Fsp3) is 0.588. The van der Waals surface area contributed by atoms with E-state index < -0.39 is 5.41 Å². The third-order valence-electron chi connectivity index (χ3n) is 4.37. The third-order valence-corrected chi connectivity index (χ3v) is 4.37. The maximum Gasteiger partial charge on any atom is 0.230 e. The van der Waals surface area contributed by atoms with E-state index in [1.807, 2.05) is 13.8 Å². The quantitative estimate of drug-likeness (QED) is 0.876. The first kappa shape index (κ1) is 16.0. The van der Waals surface area contributed by atoms with Gasteiger partial charge in [-0.05, 0) is 69.8 Å². The van der Waals surface area contributed by atoms with Crippen LogP contribution in [0.15, 0.2) is 24.3 Å². The lowest BCUT2D eigenvalue weighted by Gasteiger charge is -2.26. The van der Waals surface area contributed by atoms with E-state index in [0.29, 0.717) is 12.5 Å². The molecule has 1 aliphatic rings. The monoisotopic (exact) mass is 292 g/mol. The summed E-state index contributed by atoms with van der Waals surface area (Å²) >= 11 is 0. The molecule has 3 nitrogen and oxygen atoms in total. The van der Waals surface area contributed by atoms with Gasteiger partial charge in [0.25, 0.3) is 0 Å². The van der Waals surface area contributed by atoms with Crippen molar-refractivity contribution >= 4 is 5.91 Å². The highest BCUT2D eigenvalue weighted by molar-refractivity contribution is 5.87. The molecule has 0 spiro atoms. The van der Waals surface area contributed by atoms with Gasteiger partial charge in [-0.25, -0.2) is 4.39 Å². The standard InChI is InChI=1S/C17H25FN2O/c1-17(2,14-5-7-15(18)8-6-14)16(21)20-11-9-13-4-3-10-19-12-13/h5-8,13,19H,3-4,9-12H2,1-2H3,(H,20,21)/t13-/m1/s1. The topological polar surface area (TPSA) is 41.1 Å². The van der Waals surface area contributed by atoms with Crippen molar-refractivity contribution in [1.82, 2.24) is 10.6 Å². The Morgan fingerprint density at radius 3 is 2.71 bits per heavy atom. The van der Waals surface area contributed by atoms with Crippen molar-refractivity contribution in [2.75, 3.05) is 19.6 Å². The minimum absolute atomic E-state index is 0.00197. The maximum atomic E-state index is 13.0. The van der Waals surface area contributed by atoms with Crippen LogP contribution in [-0.2, 0) is 10.2 Å². The molecule has 4 heteroatoms. The summed E-state index contributed by atoms with van der Waals surface area (Å²) in [5, 5.41) is 6.41. The molecule has 1 heterocycles. The lowest BCUT2D eigenvalue weighted by molar-refractivity contribution is -0.125. The number of carbonyl (C=O) groups is 1. The third kappa shape index (κ3) is 4.27. The van der Waals surface area contributed by atoms with Crippen molar-refractivity contribution in [3.63, 3.8) is 0 Å². The predicted molar refractivity (Wildman–Crippen MR) is 82.6 cm³/mol. The molecule has 2 rings (SSSR count). The number of hydrogen-bond acceptors (Lipinski definition) is 2. The molecular weight excluding hydrogens is 267 g/mol. The summed E-state index contributed by atoms with van der Waals surface area (Å²) in [6.07, 6.45) is 3.47. The van der Waals surface area contributed by atoms with E-state index in [9.17, 15) is 9.18 Å². The summed E-state index contributed by atoms with van der Waals surface area (Å²) in [6, 6.07) is 6.16. The Kier molecular flexibility index (Phi) is 5.34. The van der Waals surface area contributed by atoms with Crippen molar-refractivity contribution in [2.45, 2.75) is 38.5 Å². The zero-order valence-corrected chi connectivity index (χ0v) is 12.9. The first-order chi connectivity index (χ1) is 10.00. The number of benzene rings is 1. The van der Waals surface area contributed by atoms with Gasteiger partial charge in [0, 0.05) is 6.54 Å². The summed E-state index contributed by atoms with van der Waals surface area (Å²) in [5.41, 5.74) is 0.194. The van der Waals surface area contributed by atoms with E-state index in [0.717, 1.165) is 25.1 Å². The van der Waals surface area contributed by atoms with Crippen LogP contribution in [0.3, 0.4) is 0 Å². The number of piperidine rings is 1. The molecule has 0 unspecified atom stereocenters. The SMILES string of the molecule is CC(C)(C(=O)NCC[C@H]1CCCNC1)c1ccc(F)cc1. The summed E-state index contributed by atoms with van der Waals surface area (Å²) in [7, 11) is 0. The summed E-state index contributed by atoms with van der Waals surface area (Å²) < 4.78 is 13.0. The van der Waals surface area contributed by atoms with E-state index in [1.54, 1.807) is 12.1 Å². The highest BCUT2D eigenvalue weighted by Gasteiger charge is 2.29. The molecule has 21 heavy (non-hydrogen) atoms. The average molecular weight is 292 g/mol. The van der Waals surface area contributed by atoms with Gasteiger partial charge in [0.1, 0.15) is 5.82 Å². The molecule has 0 bridgehead atoms. The second-order valence-electron chi connectivity index (χ2n) is 6.39. The van der Waals surface area contributed by atoms with E-state index >= 15 is 0 Å². The number of amides is 1. The second-order valence-corrected chi connectivity index (χ2v) is 6.39. The lowest BCUT2D eigenvalue weighted by atomic mass is 9.83. The van der Waals surface area contributed by atoms with Gasteiger partial charge in [-0.2, -0.15) is 0 Å². The number of hydrogen-bond donors (Lipinski definition) is 2. The van der Waals surface area contributed by atoms with E-state index in [1.165, 1.54) is 25.0 Å². The molecule has 1 atom stereocenters. The molecule has 2 N–H and O–H groups in total. The molecule has 1 amide bonds. The van der Waals surface area contributed by atoms with Crippen LogP contribution in [0.2, 0.25) is 0 Å². The highest BCUT2D eigenvalue weighted by atomic mass is 19.1. The van der Waals surface area contributed by atoms with Gasteiger partial charge in [-0.15, -0.1) is 0 Å². The fourth-order valence-corrected chi connectivity index (χ4v) is 2.78. The minimum Gasteiger partial charge on any atom is -0.355 e. The van der Waals surface area contributed by atoms with Crippen molar-refractivity contribution < 1.29 is 9.18 Å². The Bertz CT molecular complexity index is 464. The van der Waals surface area contributed by atoms with Gasteiger partial charge in [0.15, 0.2) is 0 Å². The molecule has 0 radical (unpaired) electrons. The Balaban J connectivity index is 1.84. The summed E-state index contributed by atoms with van der Waals surface area (Å²) in [6.45, 7) is 6.61. The molecule has 1 saturated heterocycles. The molecule has 0 aliphatic carbocycles. The van der Waals surface area contributed by atoms with Crippen LogP contribution in [0.5, 0.6) is 0 Å². The Hall–Kier alpha value is -1.42. The van der Waals surface area contributed by atoms with Crippen LogP contribution >= 0.6 is 0 Å². The average Bonchev–Trinajstić information content (AvgIpc) is 2.48. The van der Waals surface area contributed by atoms with Crippen LogP contribution < -0.4 is 10.6 Å². The van der Waals surface area contributed by atoms with Crippen LogP contribution in [0.4, 0.5) is 4.39 Å². The zero-order valence-electron chi connectivity index (χ0n) is 12.9. The van der Waals surface area contributed by atoms with Gasteiger partial charge in [0.05, 0.1) is 5.41 Å². The summed E-state index contributed by atoms with van der Waals surface area (Å²) in [4.78, 5) is 12.4. The molecule has 1 aromatic carbocycles. The van der Waals surface area contributed by atoms with Crippen molar-refractivity contribution in [3.05, 3.63) is 35.6 Å². The first-order valence-electron chi connectivity index (χ1n) is 7.75. The number of carbonyl (C=O) groups excluding carboxylic acids is 1. The van der Waals surface area contributed by atoms with E-state index in [2.05, 4.69) is 10.6 Å². The molecule has 0 saturated carbocycles. The van der Waals surface area contributed by atoms with Gasteiger partial charge in [0.2, 0.25) is 5.91 Å². The molecular formula is C17H25FN2O. The molecule has 1 fully saturated rings.